The Morgan fingerprint density at radius 2 is 2.00 bits per heavy atom. The average molecular weight is 459 g/mol. The van der Waals surface area contributed by atoms with E-state index in [0.29, 0.717) is 37.8 Å². The van der Waals surface area contributed by atoms with Crippen LogP contribution in [0, 0.1) is 0 Å². The number of anilines is 2. The lowest BCUT2D eigenvalue weighted by molar-refractivity contribution is -0.0588. The summed E-state index contributed by atoms with van der Waals surface area (Å²) >= 11 is 0. The van der Waals surface area contributed by atoms with Crippen molar-refractivity contribution in [2.24, 2.45) is 0 Å². The summed E-state index contributed by atoms with van der Waals surface area (Å²) < 4.78 is 40.0. The summed E-state index contributed by atoms with van der Waals surface area (Å²) in [6, 6.07) is 5.89. The fraction of sp³-hybridized carbons (Fsp3) is 0.522. The molecule has 8 nitrogen and oxygen atoms in total. The van der Waals surface area contributed by atoms with Gasteiger partial charge < -0.3 is 24.3 Å². The molecule has 1 fully saturated rings. The molecule has 1 aliphatic carbocycles. The van der Waals surface area contributed by atoms with Crippen LogP contribution >= 0.6 is 0 Å². The van der Waals surface area contributed by atoms with Gasteiger partial charge in [-0.15, -0.1) is 0 Å². The number of ether oxygens (including phenoxy) is 2. The molecule has 33 heavy (non-hydrogen) atoms. The number of aromatic nitrogens is 4. The van der Waals surface area contributed by atoms with Crippen LogP contribution in [-0.4, -0.2) is 58.4 Å². The number of alkyl halides is 2. The minimum Gasteiger partial charge on any atom is -0.474 e. The lowest BCUT2D eigenvalue weighted by Gasteiger charge is -2.34. The van der Waals surface area contributed by atoms with Crippen LogP contribution in [0.3, 0.4) is 0 Å². The molecule has 2 aliphatic rings. The van der Waals surface area contributed by atoms with Gasteiger partial charge in [0.05, 0.1) is 18.2 Å². The second kappa shape index (κ2) is 8.74. The van der Waals surface area contributed by atoms with Crippen molar-refractivity contribution in [3.63, 3.8) is 0 Å². The van der Waals surface area contributed by atoms with Crippen molar-refractivity contribution in [2.75, 3.05) is 31.0 Å². The molecule has 0 amide bonds. The third kappa shape index (κ3) is 4.57. The van der Waals surface area contributed by atoms with Crippen molar-refractivity contribution in [3.05, 3.63) is 36.2 Å². The number of nitrogens with one attached hydrogen (secondary N) is 1. The van der Waals surface area contributed by atoms with Gasteiger partial charge in [0.15, 0.2) is 5.82 Å². The molecule has 1 saturated carbocycles. The van der Waals surface area contributed by atoms with E-state index in [1.807, 2.05) is 25.4 Å². The molecule has 1 atom stereocenters. The highest BCUT2D eigenvalue weighted by Crippen LogP contribution is 2.34. The summed E-state index contributed by atoms with van der Waals surface area (Å²) in [5, 5.41) is 3.28. The second-order valence-electron chi connectivity index (χ2n) is 8.82. The largest absolute Gasteiger partial charge is 0.474 e. The maximum Gasteiger partial charge on any atom is 0.248 e. The molecule has 1 N–H and O–H groups in total. The van der Waals surface area contributed by atoms with Gasteiger partial charge in [-0.3, -0.25) is 0 Å². The Labute approximate surface area is 190 Å². The lowest BCUT2D eigenvalue weighted by Crippen LogP contribution is -2.42. The summed E-state index contributed by atoms with van der Waals surface area (Å²) in [6.07, 6.45) is 4.00. The maximum atomic E-state index is 13.3. The highest BCUT2D eigenvalue weighted by molar-refractivity contribution is 5.89. The number of nitrogens with zero attached hydrogens (tertiary/aromatic N) is 5. The molecule has 0 saturated heterocycles. The van der Waals surface area contributed by atoms with Crippen LogP contribution in [0.1, 0.15) is 31.2 Å². The SMILES string of the molecule is COC[C@H]1Cn2ccc3nc(NCc4ccc(OC5CCC(F)(F)CC5)nc4)nc(c32)N1C. The molecule has 0 aromatic carbocycles. The van der Waals surface area contributed by atoms with Gasteiger partial charge in [0.1, 0.15) is 11.6 Å². The van der Waals surface area contributed by atoms with Gasteiger partial charge in [0, 0.05) is 58.5 Å². The summed E-state index contributed by atoms with van der Waals surface area (Å²) in [4.78, 5) is 15.9. The number of pyridine rings is 1. The van der Waals surface area contributed by atoms with E-state index in [-0.39, 0.29) is 25.0 Å². The number of rotatable bonds is 7. The zero-order valence-electron chi connectivity index (χ0n) is 18.8. The van der Waals surface area contributed by atoms with E-state index >= 15 is 0 Å². The summed E-state index contributed by atoms with van der Waals surface area (Å²) in [5.41, 5.74) is 2.86. The van der Waals surface area contributed by atoms with E-state index in [1.165, 1.54) is 0 Å². The fourth-order valence-corrected chi connectivity index (χ4v) is 4.51. The second-order valence-corrected chi connectivity index (χ2v) is 8.82. The average Bonchev–Trinajstić information content (AvgIpc) is 3.21. The highest BCUT2D eigenvalue weighted by Gasteiger charge is 2.35. The van der Waals surface area contributed by atoms with Gasteiger partial charge in [-0.2, -0.15) is 4.98 Å². The number of likely N-dealkylation sites (N-methyl/N-ethyl adjacent to an activating group) is 1. The Hall–Kier alpha value is -3.01. The zero-order chi connectivity index (χ0) is 23.0. The Morgan fingerprint density at radius 1 is 1.18 bits per heavy atom. The lowest BCUT2D eigenvalue weighted by atomic mass is 9.94. The van der Waals surface area contributed by atoms with Gasteiger partial charge in [0.2, 0.25) is 17.8 Å². The summed E-state index contributed by atoms with van der Waals surface area (Å²) in [7, 11) is 3.74. The maximum absolute atomic E-state index is 13.3. The molecule has 0 unspecified atom stereocenters. The van der Waals surface area contributed by atoms with E-state index in [1.54, 1.807) is 19.4 Å². The van der Waals surface area contributed by atoms with Gasteiger partial charge in [-0.05, 0) is 24.5 Å². The van der Waals surface area contributed by atoms with Crippen molar-refractivity contribution in [1.82, 2.24) is 19.5 Å². The third-order valence-corrected chi connectivity index (χ3v) is 6.44. The van der Waals surface area contributed by atoms with E-state index < -0.39 is 5.92 Å². The monoisotopic (exact) mass is 458 g/mol. The van der Waals surface area contributed by atoms with E-state index in [9.17, 15) is 8.78 Å². The first-order valence-corrected chi connectivity index (χ1v) is 11.2. The van der Waals surface area contributed by atoms with Crippen molar-refractivity contribution >= 4 is 22.8 Å². The molecule has 3 aromatic rings. The van der Waals surface area contributed by atoms with Gasteiger partial charge in [-0.1, -0.05) is 6.07 Å². The summed E-state index contributed by atoms with van der Waals surface area (Å²) in [6.45, 7) is 1.95. The number of methoxy groups -OCH3 is 1. The number of hydrogen-bond acceptors (Lipinski definition) is 7. The molecule has 0 radical (unpaired) electrons. The minimum atomic E-state index is -2.56. The third-order valence-electron chi connectivity index (χ3n) is 6.44. The highest BCUT2D eigenvalue weighted by atomic mass is 19.3. The van der Waals surface area contributed by atoms with Crippen LogP contribution in [-0.2, 0) is 17.8 Å². The number of halogens is 2. The molecule has 10 heteroatoms. The molecule has 1 aliphatic heterocycles. The Balaban J connectivity index is 1.23. The molecule has 0 bridgehead atoms. The van der Waals surface area contributed by atoms with Gasteiger partial charge in [-0.25, -0.2) is 18.7 Å². The smallest absolute Gasteiger partial charge is 0.248 e. The van der Waals surface area contributed by atoms with E-state index in [0.717, 1.165) is 29.0 Å². The van der Waals surface area contributed by atoms with Crippen LogP contribution in [0.5, 0.6) is 5.88 Å². The molecule has 4 heterocycles. The number of hydrogen-bond donors (Lipinski definition) is 1. The Bertz CT molecular complexity index is 1110. The molecular formula is C23H28F2N6O2. The first-order chi connectivity index (χ1) is 15.9. The van der Waals surface area contributed by atoms with Crippen molar-refractivity contribution in [1.29, 1.82) is 0 Å². The molecular weight excluding hydrogens is 430 g/mol. The van der Waals surface area contributed by atoms with Crippen LogP contribution < -0.4 is 15.0 Å². The molecule has 3 aromatic heterocycles. The van der Waals surface area contributed by atoms with Crippen molar-refractivity contribution in [3.8, 4) is 5.88 Å². The van der Waals surface area contributed by atoms with Gasteiger partial charge in [0.25, 0.3) is 0 Å². The first-order valence-electron chi connectivity index (χ1n) is 11.2. The quantitative estimate of drug-likeness (QED) is 0.576. The van der Waals surface area contributed by atoms with Crippen molar-refractivity contribution < 1.29 is 18.3 Å². The molecule has 5 rings (SSSR count). The molecule has 0 spiro atoms. The Morgan fingerprint density at radius 3 is 2.73 bits per heavy atom. The van der Waals surface area contributed by atoms with Crippen LogP contribution in [0.25, 0.3) is 11.0 Å². The molecule has 176 valence electrons. The first kappa shape index (κ1) is 21.8. The van der Waals surface area contributed by atoms with Crippen LogP contribution in [0.2, 0.25) is 0 Å². The van der Waals surface area contributed by atoms with E-state index in [2.05, 4.69) is 24.8 Å². The zero-order valence-corrected chi connectivity index (χ0v) is 18.8. The van der Waals surface area contributed by atoms with Crippen LogP contribution in [0.15, 0.2) is 30.6 Å². The Kier molecular flexibility index (Phi) is 5.77. The minimum absolute atomic E-state index is 0.128. The van der Waals surface area contributed by atoms with Crippen molar-refractivity contribution in [2.45, 2.75) is 56.8 Å². The van der Waals surface area contributed by atoms with Crippen LogP contribution in [0.4, 0.5) is 20.5 Å². The topological polar surface area (TPSA) is 77.3 Å². The summed E-state index contributed by atoms with van der Waals surface area (Å²) in [5.74, 6) is -0.679. The predicted molar refractivity (Wildman–Crippen MR) is 121 cm³/mol. The fourth-order valence-electron chi connectivity index (χ4n) is 4.51. The van der Waals surface area contributed by atoms with E-state index in [4.69, 9.17) is 14.5 Å². The predicted octanol–water partition coefficient (Wildman–Crippen LogP) is 3.86. The standard InChI is InChI=1S/C23H28F2N6O2/c1-30-16(14-32-2)13-31-10-7-18-20(31)21(30)29-22(28-18)27-12-15-3-4-19(26-11-15)33-17-5-8-23(24,25)9-6-17/h3-4,7,10-11,16-17H,5-6,8-9,12-14H2,1-2H3,(H,27,28,29)/t16-/m1/s1. The van der Waals surface area contributed by atoms with Gasteiger partial charge >= 0.3 is 0 Å². The normalized spacial score (nSPS) is 20.2.